The zero-order valence-electron chi connectivity index (χ0n) is 11.6. The molecule has 116 valence electrons. The molecule has 0 aliphatic carbocycles. The quantitative estimate of drug-likeness (QED) is 0.911. The molecule has 21 heavy (non-hydrogen) atoms. The standard InChI is InChI=1S/C14H17F3N2O2/c1-9-2-3-11(8-18-9)13(21)19-6-4-10(5-7-19)12(20)14(15,16)17/h2-3,8,10,12,20H,4-7H2,1H3. The van der Waals surface area contributed by atoms with E-state index in [0.717, 1.165) is 5.69 Å². The number of amides is 1. The number of aromatic nitrogens is 1. The van der Waals surface area contributed by atoms with Crippen molar-refractivity contribution >= 4 is 5.91 Å². The number of hydrogen-bond acceptors (Lipinski definition) is 3. The molecule has 1 aromatic heterocycles. The normalized spacial score (nSPS) is 18.6. The van der Waals surface area contributed by atoms with E-state index in [4.69, 9.17) is 0 Å². The smallest absolute Gasteiger partial charge is 0.383 e. The maximum absolute atomic E-state index is 12.5. The third kappa shape index (κ3) is 3.72. The van der Waals surface area contributed by atoms with E-state index in [0.29, 0.717) is 5.56 Å². The first-order chi connectivity index (χ1) is 9.79. The summed E-state index contributed by atoms with van der Waals surface area (Å²) in [5, 5.41) is 9.24. The lowest BCUT2D eigenvalue weighted by atomic mass is 9.90. The third-order valence-electron chi connectivity index (χ3n) is 3.77. The Morgan fingerprint density at radius 1 is 1.38 bits per heavy atom. The number of carbonyl (C=O) groups excluding carboxylic acids is 1. The molecule has 1 fully saturated rings. The predicted octanol–water partition coefficient (Wildman–Crippen LogP) is 2.17. The number of hydrogen-bond donors (Lipinski definition) is 1. The number of pyridine rings is 1. The average Bonchev–Trinajstić information content (AvgIpc) is 2.46. The summed E-state index contributed by atoms with van der Waals surface area (Å²) < 4.78 is 37.4. The Labute approximate surface area is 120 Å². The van der Waals surface area contributed by atoms with Crippen molar-refractivity contribution in [1.29, 1.82) is 0 Å². The number of aliphatic hydroxyl groups is 1. The Hall–Kier alpha value is -1.63. The zero-order chi connectivity index (χ0) is 15.6. The van der Waals surface area contributed by atoms with Crippen molar-refractivity contribution in [2.75, 3.05) is 13.1 Å². The Morgan fingerprint density at radius 2 is 2.00 bits per heavy atom. The maximum Gasteiger partial charge on any atom is 0.414 e. The monoisotopic (exact) mass is 302 g/mol. The van der Waals surface area contributed by atoms with Crippen molar-refractivity contribution in [3.8, 4) is 0 Å². The summed E-state index contributed by atoms with van der Waals surface area (Å²) in [6.07, 6.45) is -5.15. The van der Waals surface area contributed by atoms with E-state index >= 15 is 0 Å². The molecule has 2 rings (SSSR count). The highest BCUT2D eigenvalue weighted by Gasteiger charge is 2.44. The molecule has 1 amide bonds. The fourth-order valence-electron chi connectivity index (χ4n) is 2.46. The third-order valence-corrected chi connectivity index (χ3v) is 3.77. The topological polar surface area (TPSA) is 53.4 Å². The molecule has 4 nitrogen and oxygen atoms in total. The van der Waals surface area contributed by atoms with Gasteiger partial charge in [0, 0.05) is 25.0 Å². The molecule has 1 N–H and O–H groups in total. The second kappa shape index (κ2) is 6.01. The Balaban J connectivity index is 1.95. The van der Waals surface area contributed by atoms with Crippen LogP contribution in [0.4, 0.5) is 13.2 Å². The molecule has 0 radical (unpaired) electrons. The van der Waals surface area contributed by atoms with Crippen LogP contribution in [0.15, 0.2) is 18.3 Å². The largest absolute Gasteiger partial charge is 0.414 e. The summed E-state index contributed by atoms with van der Waals surface area (Å²) in [7, 11) is 0. The summed E-state index contributed by atoms with van der Waals surface area (Å²) in [6, 6.07) is 3.37. The van der Waals surface area contributed by atoms with Gasteiger partial charge < -0.3 is 10.0 Å². The van der Waals surface area contributed by atoms with Gasteiger partial charge in [0.1, 0.15) is 0 Å². The lowest BCUT2D eigenvalue weighted by Crippen LogP contribution is -2.45. The average molecular weight is 302 g/mol. The molecule has 2 heterocycles. The first-order valence-electron chi connectivity index (χ1n) is 6.76. The van der Waals surface area contributed by atoms with Gasteiger partial charge >= 0.3 is 6.18 Å². The number of alkyl halides is 3. The van der Waals surface area contributed by atoms with E-state index in [1.54, 1.807) is 19.1 Å². The summed E-state index contributed by atoms with van der Waals surface area (Å²) >= 11 is 0. The van der Waals surface area contributed by atoms with Gasteiger partial charge in [-0.2, -0.15) is 13.2 Å². The number of nitrogens with zero attached hydrogens (tertiary/aromatic N) is 2. The van der Waals surface area contributed by atoms with Gasteiger partial charge in [0.25, 0.3) is 5.91 Å². The number of aliphatic hydroxyl groups excluding tert-OH is 1. The van der Waals surface area contributed by atoms with Crippen LogP contribution < -0.4 is 0 Å². The molecule has 1 saturated heterocycles. The number of rotatable bonds is 2. The van der Waals surface area contributed by atoms with Crippen molar-refractivity contribution in [3.05, 3.63) is 29.6 Å². The first kappa shape index (κ1) is 15.8. The van der Waals surface area contributed by atoms with E-state index in [1.165, 1.54) is 11.1 Å². The van der Waals surface area contributed by atoms with Gasteiger partial charge in [0.15, 0.2) is 6.10 Å². The van der Waals surface area contributed by atoms with Gasteiger partial charge in [-0.3, -0.25) is 9.78 Å². The predicted molar refractivity (Wildman–Crippen MR) is 69.7 cm³/mol. The van der Waals surface area contributed by atoms with Gasteiger partial charge in [-0.15, -0.1) is 0 Å². The fraction of sp³-hybridized carbons (Fsp3) is 0.571. The molecule has 0 spiro atoms. The van der Waals surface area contributed by atoms with Crippen LogP contribution in [0.25, 0.3) is 0 Å². The van der Waals surface area contributed by atoms with Crippen molar-refractivity contribution in [2.45, 2.75) is 32.0 Å². The number of likely N-dealkylation sites (tertiary alicyclic amines) is 1. The van der Waals surface area contributed by atoms with Gasteiger partial charge in [-0.25, -0.2) is 0 Å². The minimum atomic E-state index is -4.60. The van der Waals surface area contributed by atoms with Crippen LogP contribution >= 0.6 is 0 Å². The van der Waals surface area contributed by atoms with Crippen LogP contribution in [0.1, 0.15) is 28.9 Å². The molecule has 1 atom stereocenters. The lowest BCUT2D eigenvalue weighted by molar-refractivity contribution is -0.222. The van der Waals surface area contributed by atoms with Crippen molar-refractivity contribution in [3.63, 3.8) is 0 Å². The molecule has 7 heteroatoms. The summed E-state index contributed by atoms with van der Waals surface area (Å²) in [6.45, 7) is 2.23. The Kier molecular flexibility index (Phi) is 4.51. The van der Waals surface area contributed by atoms with Crippen LogP contribution in [0.3, 0.4) is 0 Å². The second-order valence-corrected chi connectivity index (χ2v) is 5.30. The molecule has 0 saturated carbocycles. The van der Waals surface area contributed by atoms with Gasteiger partial charge in [0.05, 0.1) is 5.56 Å². The van der Waals surface area contributed by atoms with Gasteiger partial charge in [0.2, 0.25) is 0 Å². The summed E-state index contributed by atoms with van der Waals surface area (Å²) in [5.41, 5.74) is 1.22. The van der Waals surface area contributed by atoms with Crippen molar-refractivity contribution in [2.24, 2.45) is 5.92 Å². The fourth-order valence-corrected chi connectivity index (χ4v) is 2.46. The molecule has 1 aliphatic rings. The highest BCUT2D eigenvalue weighted by atomic mass is 19.4. The number of halogens is 3. The minimum Gasteiger partial charge on any atom is -0.383 e. The Morgan fingerprint density at radius 3 is 2.48 bits per heavy atom. The van der Waals surface area contributed by atoms with Crippen molar-refractivity contribution in [1.82, 2.24) is 9.88 Å². The molecule has 0 bridgehead atoms. The lowest BCUT2D eigenvalue weighted by Gasteiger charge is -2.34. The maximum atomic E-state index is 12.5. The van der Waals surface area contributed by atoms with E-state index in [-0.39, 0.29) is 31.8 Å². The highest BCUT2D eigenvalue weighted by molar-refractivity contribution is 5.93. The SMILES string of the molecule is Cc1ccc(C(=O)N2CCC(C(O)C(F)(F)F)CC2)cn1. The van der Waals surface area contributed by atoms with E-state index in [9.17, 15) is 23.1 Å². The molecule has 1 aromatic rings. The van der Waals surface area contributed by atoms with Crippen LogP contribution in [0.5, 0.6) is 0 Å². The summed E-state index contributed by atoms with van der Waals surface area (Å²) in [4.78, 5) is 17.7. The van der Waals surface area contributed by atoms with Crippen LogP contribution in [0, 0.1) is 12.8 Å². The highest BCUT2D eigenvalue weighted by Crippen LogP contribution is 2.31. The van der Waals surface area contributed by atoms with Crippen LogP contribution in [0.2, 0.25) is 0 Å². The van der Waals surface area contributed by atoms with Gasteiger partial charge in [-0.05, 0) is 37.8 Å². The van der Waals surface area contributed by atoms with E-state index in [2.05, 4.69) is 4.98 Å². The van der Waals surface area contributed by atoms with Crippen molar-refractivity contribution < 1.29 is 23.1 Å². The Bertz CT molecular complexity index is 494. The number of piperidine rings is 1. The number of aryl methyl sites for hydroxylation is 1. The van der Waals surface area contributed by atoms with Crippen LogP contribution in [-0.4, -0.2) is 46.3 Å². The molecule has 1 aliphatic heterocycles. The second-order valence-electron chi connectivity index (χ2n) is 5.30. The molecule has 1 unspecified atom stereocenters. The molecule has 0 aromatic carbocycles. The number of carbonyl (C=O) groups is 1. The first-order valence-corrected chi connectivity index (χ1v) is 6.76. The van der Waals surface area contributed by atoms with E-state index < -0.39 is 18.2 Å². The van der Waals surface area contributed by atoms with E-state index in [1.807, 2.05) is 0 Å². The van der Waals surface area contributed by atoms with Crippen LogP contribution in [-0.2, 0) is 0 Å². The van der Waals surface area contributed by atoms with Gasteiger partial charge in [-0.1, -0.05) is 0 Å². The summed E-state index contributed by atoms with van der Waals surface area (Å²) in [5.74, 6) is -1.08. The zero-order valence-corrected chi connectivity index (χ0v) is 11.6. The molecular formula is C14H17F3N2O2. The molecular weight excluding hydrogens is 285 g/mol. The minimum absolute atomic E-state index is 0.145.